The zero-order chi connectivity index (χ0) is 17.4. The van der Waals surface area contributed by atoms with Crippen molar-refractivity contribution in [1.29, 1.82) is 0 Å². The summed E-state index contributed by atoms with van der Waals surface area (Å²) in [6.07, 6.45) is 4.81. The van der Waals surface area contributed by atoms with Crippen LogP contribution in [-0.2, 0) is 0 Å². The van der Waals surface area contributed by atoms with Crippen LogP contribution in [0.1, 0.15) is 44.2 Å². The molecule has 1 aliphatic heterocycles. The Labute approximate surface area is 146 Å². The van der Waals surface area contributed by atoms with E-state index in [1.165, 1.54) is 19.3 Å². The first-order valence-corrected chi connectivity index (χ1v) is 8.99. The highest BCUT2D eigenvalue weighted by Crippen LogP contribution is 2.42. The van der Waals surface area contributed by atoms with Crippen molar-refractivity contribution in [2.45, 2.75) is 38.6 Å². The molecule has 5 nitrogen and oxygen atoms in total. The first kappa shape index (κ1) is 18.9. The minimum Gasteiger partial charge on any atom is -0.496 e. The summed E-state index contributed by atoms with van der Waals surface area (Å²) in [7, 11) is 5.11. The molecule has 1 atom stereocenters. The van der Waals surface area contributed by atoms with Crippen LogP contribution in [0.15, 0.2) is 12.1 Å². The minimum absolute atomic E-state index is 0.314. The number of nitrogens with one attached hydrogen (secondary N) is 1. The lowest BCUT2D eigenvalue weighted by Crippen LogP contribution is -2.45. The van der Waals surface area contributed by atoms with Crippen LogP contribution in [0.4, 0.5) is 0 Å². The Bertz CT molecular complexity index is 476. The number of hydrogen-bond donors (Lipinski definition) is 1. The van der Waals surface area contributed by atoms with Gasteiger partial charge in [-0.3, -0.25) is 4.90 Å². The average Bonchev–Trinajstić information content (AvgIpc) is 2.65. The molecule has 5 heteroatoms. The summed E-state index contributed by atoms with van der Waals surface area (Å²) in [6, 6.07) is 4.24. The van der Waals surface area contributed by atoms with E-state index in [4.69, 9.17) is 14.2 Å². The van der Waals surface area contributed by atoms with Crippen LogP contribution in [0.25, 0.3) is 0 Å². The molecule has 1 fully saturated rings. The normalized spacial score (nSPS) is 16.7. The van der Waals surface area contributed by atoms with Crippen molar-refractivity contribution < 1.29 is 14.2 Å². The van der Waals surface area contributed by atoms with Crippen LogP contribution < -0.4 is 19.5 Å². The number of ether oxygens (including phenoxy) is 3. The molecule has 1 N–H and O–H groups in total. The maximum Gasteiger partial charge on any atom is 0.131 e. The van der Waals surface area contributed by atoms with Gasteiger partial charge in [-0.15, -0.1) is 0 Å². The van der Waals surface area contributed by atoms with Crippen molar-refractivity contribution in [2.75, 3.05) is 47.5 Å². The van der Waals surface area contributed by atoms with E-state index in [1.807, 2.05) is 12.1 Å². The first-order valence-electron chi connectivity index (χ1n) is 8.99. The number of unbranched alkanes of at least 4 members (excludes halogenated alkanes) is 2. The molecule has 0 spiro atoms. The van der Waals surface area contributed by atoms with E-state index in [1.54, 1.807) is 21.3 Å². The fourth-order valence-corrected chi connectivity index (χ4v) is 3.45. The van der Waals surface area contributed by atoms with E-state index in [2.05, 4.69) is 17.1 Å². The van der Waals surface area contributed by atoms with Gasteiger partial charge in [-0.05, 0) is 6.42 Å². The minimum atomic E-state index is 0.314. The molecule has 0 amide bonds. The molecular weight excluding hydrogens is 304 g/mol. The van der Waals surface area contributed by atoms with Crippen molar-refractivity contribution in [3.05, 3.63) is 17.7 Å². The third-order valence-corrected chi connectivity index (χ3v) is 4.76. The van der Waals surface area contributed by atoms with Crippen molar-refractivity contribution >= 4 is 0 Å². The van der Waals surface area contributed by atoms with E-state index < -0.39 is 0 Å². The Kier molecular flexibility index (Phi) is 7.66. The number of methoxy groups -OCH3 is 3. The molecule has 0 radical (unpaired) electrons. The molecule has 1 aromatic rings. The Morgan fingerprint density at radius 3 is 2.12 bits per heavy atom. The van der Waals surface area contributed by atoms with Gasteiger partial charge >= 0.3 is 0 Å². The van der Waals surface area contributed by atoms with Crippen molar-refractivity contribution in [1.82, 2.24) is 10.2 Å². The molecule has 0 aliphatic carbocycles. The molecule has 1 aromatic carbocycles. The second kappa shape index (κ2) is 9.74. The lowest BCUT2D eigenvalue weighted by molar-refractivity contribution is 0.157. The van der Waals surface area contributed by atoms with Gasteiger partial charge in [0.15, 0.2) is 0 Å². The van der Waals surface area contributed by atoms with E-state index in [-0.39, 0.29) is 0 Å². The molecular formula is C19H32N2O3. The van der Waals surface area contributed by atoms with E-state index in [0.717, 1.165) is 55.4 Å². The lowest BCUT2D eigenvalue weighted by atomic mass is 9.96. The quantitative estimate of drug-likeness (QED) is 0.701. The van der Waals surface area contributed by atoms with E-state index in [0.29, 0.717) is 6.04 Å². The second-order valence-corrected chi connectivity index (χ2v) is 6.24. The predicted molar refractivity (Wildman–Crippen MR) is 97.4 cm³/mol. The summed E-state index contributed by atoms with van der Waals surface area (Å²) in [5.74, 6) is 2.47. The molecule has 0 aromatic heterocycles. The van der Waals surface area contributed by atoms with Crippen LogP contribution in [0.3, 0.4) is 0 Å². The highest BCUT2D eigenvalue weighted by atomic mass is 16.5. The molecule has 0 unspecified atom stereocenters. The highest BCUT2D eigenvalue weighted by molar-refractivity contribution is 5.52. The summed E-state index contributed by atoms with van der Waals surface area (Å²) in [5.41, 5.74) is 1.15. The fraction of sp³-hybridized carbons (Fsp3) is 0.684. The van der Waals surface area contributed by atoms with Gasteiger partial charge in [-0.1, -0.05) is 26.2 Å². The third-order valence-electron chi connectivity index (χ3n) is 4.76. The zero-order valence-electron chi connectivity index (χ0n) is 15.6. The maximum atomic E-state index is 5.71. The van der Waals surface area contributed by atoms with Gasteiger partial charge in [-0.25, -0.2) is 0 Å². The maximum absolute atomic E-state index is 5.71. The number of rotatable bonds is 9. The molecule has 24 heavy (non-hydrogen) atoms. The molecule has 1 heterocycles. The van der Waals surface area contributed by atoms with Gasteiger partial charge in [0.2, 0.25) is 0 Å². The van der Waals surface area contributed by atoms with Gasteiger partial charge in [0, 0.05) is 44.4 Å². The number of nitrogens with zero attached hydrogens (tertiary/aromatic N) is 1. The SMILES string of the molecule is CCCCC[C@H](c1c(OC)cc(OC)cc1OC)N1CCNCC1. The summed E-state index contributed by atoms with van der Waals surface area (Å²) in [6.45, 7) is 6.41. The average molecular weight is 336 g/mol. The Balaban J connectivity index is 2.38. The van der Waals surface area contributed by atoms with E-state index in [9.17, 15) is 0 Å². The van der Waals surface area contributed by atoms with Crippen LogP contribution in [-0.4, -0.2) is 52.4 Å². The van der Waals surface area contributed by atoms with Crippen LogP contribution in [0.2, 0.25) is 0 Å². The lowest BCUT2D eigenvalue weighted by Gasteiger charge is -2.36. The second-order valence-electron chi connectivity index (χ2n) is 6.24. The topological polar surface area (TPSA) is 43.0 Å². The van der Waals surface area contributed by atoms with Gasteiger partial charge < -0.3 is 19.5 Å². The number of hydrogen-bond acceptors (Lipinski definition) is 5. The zero-order valence-corrected chi connectivity index (χ0v) is 15.6. The molecule has 136 valence electrons. The first-order chi connectivity index (χ1) is 11.7. The Morgan fingerprint density at radius 2 is 1.62 bits per heavy atom. The smallest absolute Gasteiger partial charge is 0.131 e. The van der Waals surface area contributed by atoms with E-state index >= 15 is 0 Å². The highest BCUT2D eigenvalue weighted by Gasteiger charge is 2.28. The Hall–Kier alpha value is -1.46. The molecule has 1 saturated heterocycles. The van der Waals surface area contributed by atoms with Crippen LogP contribution in [0.5, 0.6) is 17.2 Å². The van der Waals surface area contributed by atoms with Gasteiger partial charge in [0.05, 0.1) is 26.9 Å². The largest absolute Gasteiger partial charge is 0.496 e. The molecule has 2 rings (SSSR count). The predicted octanol–water partition coefficient (Wildman–Crippen LogP) is 3.24. The van der Waals surface area contributed by atoms with Gasteiger partial charge in [0.1, 0.15) is 17.2 Å². The number of piperazine rings is 1. The summed E-state index contributed by atoms with van der Waals surface area (Å²) >= 11 is 0. The summed E-state index contributed by atoms with van der Waals surface area (Å²) < 4.78 is 16.8. The van der Waals surface area contributed by atoms with Crippen LogP contribution >= 0.6 is 0 Å². The standard InChI is InChI=1S/C19H32N2O3/c1-5-6-7-8-16(21-11-9-20-10-12-21)19-17(23-3)13-15(22-2)14-18(19)24-4/h13-14,16,20H,5-12H2,1-4H3/t16-/m1/s1. The molecule has 0 bridgehead atoms. The molecule has 0 saturated carbocycles. The van der Waals surface area contributed by atoms with Crippen molar-refractivity contribution in [3.63, 3.8) is 0 Å². The summed E-state index contributed by atoms with van der Waals surface area (Å²) in [5, 5.41) is 3.44. The number of benzene rings is 1. The van der Waals surface area contributed by atoms with Crippen molar-refractivity contribution in [2.24, 2.45) is 0 Å². The van der Waals surface area contributed by atoms with Gasteiger partial charge in [-0.2, -0.15) is 0 Å². The molecule has 1 aliphatic rings. The fourth-order valence-electron chi connectivity index (χ4n) is 3.45. The van der Waals surface area contributed by atoms with Crippen LogP contribution in [0, 0.1) is 0 Å². The van der Waals surface area contributed by atoms with Gasteiger partial charge in [0.25, 0.3) is 0 Å². The monoisotopic (exact) mass is 336 g/mol. The summed E-state index contributed by atoms with van der Waals surface area (Å²) in [4.78, 5) is 2.55. The Morgan fingerprint density at radius 1 is 1.00 bits per heavy atom. The van der Waals surface area contributed by atoms with Crippen molar-refractivity contribution in [3.8, 4) is 17.2 Å². The third kappa shape index (κ3) is 4.54.